The van der Waals surface area contributed by atoms with Crippen LogP contribution in [0.5, 0.6) is 11.5 Å². The number of rotatable bonds is 4. The molecule has 5 nitrogen and oxygen atoms in total. The Kier molecular flexibility index (Phi) is 5.98. The van der Waals surface area contributed by atoms with Crippen LogP contribution in [0.25, 0.3) is 0 Å². The van der Waals surface area contributed by atoms with Crippen molar-refractivity contribution in [3.8, 4) is 11.5 Å². The van der Waals surface area contributed by atoms with Crippen molar-refractivity contribution in [2.75, 3.05) is 0 Å². The van der Waals surface area contributed by atoms with E-state index in [1.54, 1.807) is 0 Å². The smallest absolute Gasteiger partial charge is 0.283 e. The number of aromatic hydroxyl groups is 2. The number of hydrogen-bond acceptors (Lipinski definition) is 4. The maximum absolute atomic E-state index is 13.0. The van der Waals surface area contributed by atoms with Crippen molar-refractivity contribution in [2.24, 2.45) is 0 Å². The monoisotopic (exact) mass is 492 g/mol. The van der Waals surface area contributed by atoms with E-state index in [2.05, 4.69) is 0 Å². The number of phenols is 2. The second-order valence-corrected chi connectivity index (χ2v) is 9.31. The van der Waals surface area contributed by atoms with Gasteiger partial charge in [0.25, 0.3) is 10.1 Å². The lowest BCUT2D eigenvalue weighted by Gasteiger charge is -2.35. The summed E-state index contributed by atoms with van der Waals surface area (Å²) in [5, 5.41) is 19.8. The van der Waals surface area contributed by atoms with Crippen molar-refractivity contribution in [1.29, 1.82) is 0 Å². The summed E-state index contributed by atoms with van der Waals surface area (Å²) in [5.41, 5.74) is -0.766. The number of benzene rings is 3. The fourth-order valence-corrected chi connectivity index (χ4v) is 6.09. The lowest BCUT2D eigenvalue weighted by molar-refractivity contribution is 0.440. The summed E-state index contributed by atoms with van der Waals surface area (Å²) in [7, 11) is -5.16. The second-order valence-electron chi connectivity index (χ2n) is 6.08. The molecular weight excluding hydrogens is 482 g/mol. The predicted octanol–water partition coefficient (Wildman–Crippen LogP) is 5.89. The first kappa shape index (κ1) is 22.0. The third-order valence-electron chi connectivity index (χ3n) is 4.34. The van der Waals surface area contributed by atoms with Crippen molar-refractivity contribution in [2.45, 2.75) is 4.75 Å². The highest BCUT2D eigenvalue weighted by Crippen LogP contribution is 2.54. The van der Waals surface area contributed by atoms with Gasteiger partial charge in [-0.25, -0.2) is 0 Å². The minimum Gasteiger partial charge on any atom is -0.508 e. The van der Waals surface area contributed by atoms with E-state index in [-0.39, 0.29) is 42.5 Å². The third kappa shape index (κ3) is 3.65. The van der Waals surface area contributed by atoms with Gasteiger partial charge in [0, 0.05) is 21.2 Å². The minimum atomic E-state index is -5.16. The molecule has 152 valence electrons. The highest BCUT2D eigenvalue weighted by atomic mass is 35.5. The molecule has 0 spiro atoms. The van der Waals surface area contributed by atoms with Crippen LogP contribution in [0.15, 0.2) is 54.6 Å². The summed E-state index contributed by atoms with van der Waals surface area (Å²) in [6.07, 6.45) is 0. The Labute approximate surface area is 186 Å². The fraction of sp³-hybridized carbons (Fsp3) is 0.0526. The van der Waals surface area contributed by atoms with Crippen molar-refractivity contribution >= 4 is 56.5 Å². The van der Waals surface area contributed by atoms with Crippen LogP contribution in [0.2, 0.25) is 20.1 Å². The molecule has 3 aromatic carbocycles. The molecule has 29 heavy (non-hydrogen) atoms. The Morgan fingerprint density at radius 2 is 1.34 bits per heavy atom. The second kappa shape index (κ2) is 7.87. The largest absolute Gasteiger partial charge is 0.508 e. The van der Waals surface area contributed by atoms with Gasteiger partial charge < -0.3 is 10.2 Å². The zero-order chi connectivity index (χ0) is 21.6. The van der Waals surface area contributed by atoms with Gasteiger partial charge in [0.1, 0.15) is 11.5 Å². The van der Waals surface area contributed by atoms with E-state index in [9.17, 15) is 23.2 Å². The standard InChI is InChI=1S/C19H12Cl4O5S/c20-11-4-1-3-10(7-11)19(29(26,27)28,18-13(21)5-2-6-16(18)25)17-14(22)8-12(24)9-15(17)23/h1-9,24-25H,(H,26,27,28). The van der Waals surface area contributed by atoms with E-state index < -0.39 is 20.6 Å². The summed E-state index contributed by atoms with van der Waals surface area (Å²) in [4.78, 5) is 0. The van der Waals surface area contributed by atoms with Crippen LogP contribution in [-0.2, 0) is 14.9 Å². The Morgan fingerprint density at radius 3 is 1.86 bits per heavy atom. The highest BCUT2D eigenvalue weighted by Gasteiger charge is 2.53. The molecule has 0 saturated carbocycles. The minimum absolute atomic E-state index is 0.0783. The van der Waals surface area contributed by atoms with E-state index >= 15 is 0 Å². The quantitative estimate of drug-likeness (QED) is 0.311. The molecule has 3 rings (SSSR count). The first-order valence-electron chi connectivity index (χ1n) is 7.89. The van der Waals surface area contributed by atoms with Crippen molar-refractivity contribution in [1.82, 2.24) is 0 Å². The van der Waals surface area contributed by atoms with Crippen LogP contribution in [0.4, 0.5) is 0 Å². The average molecular weight is 494 g/mol. The SMILES string of the molecule is O=S(=O)(O)C(c1cccc(Cl)c1)(c1c(O)cccc1Cl)c1c(Cl)cc(O)cc1Cl. The summed E-state index contributed by atoms with van der Waals surface area (Å²) < 4.78 is 34.0. The molecule has 0 aromatic heterocycles. The van der Waals surface area contributed by atoms with Gasteiger partial charge in [-0.05, 0) is 42.0 Å². The van der Waals surface area contributed by atoms with Gasteiger partial charge >= 0.3 is 0 Å². The van der Waals surface area contributed by atoms with Crippen LogP contribution >= 0.6 is 46.4 Å². The fourth-order valence-electron chi connectivity index (χ4n) is 3.29. The topological polar surface area (TPSA) is 94.8 Å². The van der Waals surface area contributed by atoms with Crippen LogP contribution in [-0.4, -0.2) is 23.2 Å². The lowest BCUT2D eigenvalue weighted by atomic mass is 9.83. The van der Waals surface area contributed by atoms with E-state index in [1.165, 1.54) is 42.5 Å². The summed E-state index contributed by atoms with van der Waals surface area (Å²) in [6, 6.07) is 11.6. The maximum Gasteiger partial charge on any atom is 0.283 e. The van der Waals surface area contributed by atoms with Crippen LogP contribution in [0.1, 0.15) is 16.7 Å². The molecule has 3 N–H and O–H groups in total. The Morgan fingerprint density at radius 1 is 0.759 bits per heavy atom. The molecule has 1 atom stereocenters. The van der Waals surface area contributed by atoms with Crippen LogP contribution < -0.4 is 0 Å². The zero-order valence-corrected chi connectivity index (χ0v) is 18.1. The number of halogens is 4. The van der Waals surface area contributed by atoms with E-state index in [0.29, 0.717) is 0 Å². The van der Waals surface area contributed by atoms with E-state index in [0.717, 1.165) is 12.1 Å². The van der Waals surface area contributed by atoms with Gasteiger partial charge in [-0.15, -0.1) is 0 Å². The first-order chi connectivity index (χ1) is 13.5. The molecule has 0 aliphatic rings. The van der Waals surface area contributed by atoms with E-state index in [1.807, 2.05) is 0 Å². The van der Waals surface area contributed by atoms with Crippen molar-refractivity contribution < 1.29 is 23.2 Å². The molecule has 0 saturated heterocycles. The average Bonchev–Trinajstić information content (AvgIpc) is 2.58. The molecule has 1 unspecified atom stereocenters. The number of phenolic OH excluding ortho intramolecular Hbond substituents is 2. The zero-order valence-electron chi connectivity index (χ0n) is 14.3. The molecule has 0 aliphatic carbocycles. The van der Waals surface area contributed by atoms with Gasteiger partial charge in [0.2, 0.25) is 0 Å². The van der Waals surface area contributed by atoms with Crippen LogP contribution in [0, 0.1) is 0 Å². The number of hydrogen-bond donors (Lipinski definition) is 3. The molecule has 0 heterocycles. The van der Waals surface area contributed by atoms with Gasteiger partial charge in [-0.3, -0.25) is 4.55 Å². The molecule has 0 bridgehead atoms. The third-order valence-corrected chi connectivity index (χ3v) is 6.90. The maximum atomic E-state index is 13.0. The van der Waals surface area contributed by atoms with E-state index in [4.69, 9.17) is 46.4 Å². The van der Waals surface area contributed by atoms with Gasteiger partial charge in [0.15, 0.2) is 4.75 Å². The Bertz CT molecular complexity index is 1170. The van der Waals surface area contributed by atoms with Crippen LogP contribution in [0.3, 0.4) is 0 Å². The highest BCUT2D eigenvalue weighted by molar-refractivity contribution is 7.87. The summed E-state index contributed by atoms with van der Waals surface area (Å²) in [5.74, 6) is -0.863. The molecule has 10 heteroatoms. The predicted molar refractivity (Wildman–Crippen MR) is 114 cm³/mol. The lowest BCUT2D eigenvalue weighted by Crippen LogP contribution is -2.39. The van der Waals surface area contributed by atoms with Gasteiger partial charge in [-0.1, -0.05) is 64.6 Å². The normalized spacial score (nSPS) is 13.8. The molecule has 0 aliphatic heterocycles. The Hall–Kier alpha value is -1.67. The molecule has 0 radical (unpaired) electrons. The molecule has 3 aromatic rings. The molecule has 0 amide bonds. The first-order valence-corrected chi connectivity index (χ1v) is 10.8. The van der Waals surface area contributed by atoms with Gasteiger partial charge in [-0.2, -0.15) is 8.42 Å². The molecule has 0 fully saturated rings. The Balaban J connectivity index is 2.68. The molecular formula is C19H12Cl4O5S. The summed E-state index contributed by atoms with van der Waals surface area (Å²) >= 11 is 25.0. The van der Waals surface area contributed by atoms with Crippen molar-refractivity contribution in [3.63, 3.8) is 0 Å². The summed E-state index contributed by atoms with van der Waals surface area (Å²) in [6.45, 7) is 0. The van der Waals surface area contributed by atoms with Crippen molar-refractivity contribution in [3.05, 3.63) is 91.4 Å². The van der Waals surface area contributed by atoms with Gasteiger partial charge in [0.05, 0.1) is 10.0 Å².